The largest absolute Gasteiger partial charge is 0.454 e. The molecule has 3 rings (SSSR count). The zero-order valence-corrected chi connectivity index (χ0v) is 24.8. The molecule has 3 atom stereocenters. The highest BCUT2D eigenvalue weighted by molar-refractivity contribution is 5.94. The second-order valence-corrected chi connectivity index (χ2v) is 10.4. The Bertz CT molecular complexity index is 1320. The molecule has 13 nitrogen and oxygen atoms in total. The molecule has 0 radical (unpaired) electrons. The quantitative estimate of drug-likeness (QED) is 0.0840. The van der Waals surface area contributed by atoms with Crippen LogP contribution in [-0.4, -0.2) is 95.6 Å². The highest BCUT2D eigenvalue weighted by Gasteiger charge is 2.40. The van der Waals surface area contributed by atoms with Gasteiger partial charge in [0.25, 0.3) is 5.78 Å². The van der Waals surface area contributed by atoms with Crippen molar-refractivity contribution in [2.24, 2.45) is 17.4 Å². The van der Waals surface area contributed by atoms with E-state index in [4.69, 9.17) is 20.0 Å². The number of hydrogen-bond donors (Lipinski definition) is 3. The number of halogens is 7. The summed E-state index contributed by atoms with van der Waals surface area (Å²) in [6.07, 6.45) is -4.96. The van der Waals surface area contributed by atoms with E-state index in [1.165, 1.54) is 36.0 Å². The van der Waals surface area contributed by atoms with Gasteiger partial charge in [-0.2, -0.15) is 18.3 Å². The Hall–Kier alpha value is -3.88. The third kappa shape index (κ3) is 11.2. The van der Waals surface area contributed by atoms with Crippen LogP contribution in [0.3, 0.4) is 0 Å². The molecule has 0 spiro atoms. The first kappa shape index (κ1) is 38.3. The number of primary amides is 1. The molecule has 2 aromatic rings. The van der Waals surface area contributed by atoms with Gasteiger partial charge in [0.15, 0.2) is 11.8 Å². The van der Waals surface area contributed by atoms with Crippen LogP contribution in [0.25, 0.3) is 5.65 Å². The van der Waals surface area contributed by atoms with Crippen LogP contribution in [0.2, 0.25) is 0 Å². The number of aromatic nitrogens is 3. The maximum Gasteiger partial charge on any atom is 0.454 e. The SMILES string of the molecule is COCC(c1cnn2cc(C(OC/C(N)=C/C(=O)C(F)(F)F)C3CCC(F)(F)CC3)nc2c1)N(C)C[C@H](NC=O)N(F)F.NC=O. The number of methoxy groups -OCH3 is 1. The van der Waals surface area contributed by atoms with Crippen molar-refractivity contribution in [2.45, 2.75) is 56.1 Å². The van der Waals surface area contributed by atoms with Gasteiger partial charge in [-0.3, -0.25) is 19.3 Å². The Morgan fingerprint density at radius 1 is 1.26 bits per heavy atom. The van der Waals surface area contributed by atoms with Gasteiger partial charge in [-0.25, -0.2) is 18.3 Å². The first-order valence-corrected chi connectivity index (χ1v) is 13.6. The number of carbonyl (C=O) groups excluding carboxylic acids is 3. The molecule has 1 aliphatic rings. The summed E-state index contributed by atoms with van der Waals surface area (Å²) in [6.45, 7) is -0.833. The zero-order valence-electron chi connectivity index (χ0n) is 24.8. The molecule has 0 saturated heterocycles. The standard InChI is InChI=1S/C25H32F7N7O4.CH3NO/c1-37(11-22(34-14-40)39(31)32)19(13-42-2)16-7-21-36-18(10-38(21)35-9-16)23(15-3-5-24(26,27)6-4-15)43-12-17(33)8-20(41)25(28,29)30;2-1-3/h7-10,14-15,19,22-23H,3-6,11-13,33H2,1-2H3,(H,34,40);1H,(H2,2,3)/b17-8-;/t19?,22-,23?;/m1./s1. The molecule has 1 saturated carbocycles. The first-order chi connectivity index (χ1) is 21.6. The van der Waals surface area contributed by atoms with E-state index in [0.29, 0.717) is 5.56 Å². The number of ether oxygens (including phenoxy) is 2. The summed E-state index contributed by atoms with van der Waals surface area (Å²) < 4.78 is 104. The second-order valence-electron chi connectivity index (χ2n) is 10.4. The lowest BCUT2D eigenvalue weighted by Crippen LogP contribution is -2.46. The number of imidazole rings is 1. The maximum absolute atomic E-state index is 13.9. The minimum atomic E-state index is -5.12. The fourth-order valence-corrected chi connectivity index (χ4v) is 4.82. The number of nitrogens with one attached hydrogen (secondary N) is 1. The molecule has 2 heterocycles. The van der Waals surface area contributed by atoms with E-state index in [0.717, 1.165) is 0 Å². The number of alkyl halides is 5. The molecular formula is C26H35F7N8O5. The number of rotatable bonds is 15. The van der Waals surface area contributed by atoms with Crippen LogP contribution < -0.4 is 16.8 Å². The summed E-state index contributed by atoms with van der Waals surface area (Å²) in [5.41, 5.74) is 10.3. The van der Waals surface area contributed by atoms with Crippen molar-refractivity contribution in [3.63, 3.8) is 0 Å². The Kier molecular flexibility index (Phi) is 14.3. The summed E-state index contributed by atoms with van der Waals surface area (Å²) in [5, 5.41) is 5.18. The van der Waals surface area contributed by atoms with Crippen molar-refractivity contribution in [1.82, 2.24) is 30.2 Å². The average Bonchev–Trinajstić information content (AvgIpc) is 3.39. The minimum Gasteiger partial charge on any atom is -0.400 e. The third-order valence-electron chi connectivity index (χ3n) is 7.07. The summed E-state index contributed by atoms with van der Waals surface area (Å²) in [6, 6.07) is 0.992. The molecule has 2 amide bonds. The van der Waals surface area contributed by atoms with Crippen LogP contribution in [0.1, 0.15) is 49.1 Å². The topological polar surface area (TPSA) is 170 Å². The molecule has 0 bridgehead atoms. The fraction of sp³-hybridized carbons (Fsp3) is 0.577. The molecule has 2 unspecified atom stereocenters. The normalized spacial score (nSPS) is 17.7. The molecule has 2 aromatic heterocycles. The van der Waals surface area contributed by atoms with E-state index in [-0.39, 0.29) is 56.2 Å². The van der Waals surface area contributed by atoms with Crippen molar-refractivity contribution in [2.75, 3.05) is 33.9 Å². The number of amides is 2. The van der Waals surface area contributed by atoms with Crippen molar-refractivity contribution >= 4 is 24.3 Å². The van der Waals surface area contributed by atoms with E-state index >= 15 is 0 Å². The average molecular weight is 673 g/mol. The summed E-state index contributed by atoms with van der Waals surface area (Å²) in [4.78, 5) is 36.6. The number of fused-ring (bicyclic) bond motifs is 1. The van der Waals surface area contributed by atoms with Crippen molar-refractivity contribution in [1.29, 1.82) is 0 Å². The van der Waals surface area contributed by atoms with Gasteiger partial charge in [-0.1, -0.05) is 8.96 Å². The van der Waals surface area contributed by atoms with Crippen LogP contribution in [0.4, 0.5) is 30.9 Å². The first-order valence-electron chi connectivity index (χ1n) is 13.6. The summed E-state index contributed by atoms with van der Waals surface area (Å²) in [5.74, 6) is -5.52. The van der Waals surface area contributed by atoms with E-state index in [1.54, 1.807) is 6.07 Å². The van der Waals surface area contributed by atoms with E-state index in [9.17, 15) is 40.5 Å². The predicted octanol–water partition coefficient (Wildman–Crippen LogP) is 2.45. The van der Waals surface area contributed by atoms with Gasteiger partial charge >= 0.3 is 6.18 Å². The number of ketones is 1. The second kappa shape index (κ2) is 17.2. The minimum absolute atomic E-state index is 0.0339. The highest BCUT2D eigenvalue weighted by atomic mass is 19.4. The molecule has 0 aromatic carbocycles. The van der Waals surface area contributed by atoms with Gasteiger partial charge < -0.3 is 26.3 Å². The Labute approximate surface area is 258 Å². The van der Waals surface area contributed by atoms with Crippen LogP contribution >= 0.6 is 0 Å². The van der Waals surface area contributed by atoms with Crippen LogP contribution in [0.5, 0.6) is 0 Å². The fourth-order valence-electron chi connectivity index (χ4n) is 4.82. The number of nitrogens with two attached hydrogens (primary N) is 2. The van der Waals surface area contributed by atoms with Gasteiger partial charge in [0.2, 0.25) is 18.7 Å². The molecule has 5 N–H and O–H groups in total. The maximum atomic E-state index is 13.9. The Morgan fingerprint density at radius 3 is 2.43 bits per heavy atom. The lowest BCUT2D eigenvalue weighted by Gasteiger charge is -2.33. The third-order valence-corrected chi connectivity index (χ3v) is 7.07. The smallest absolute Gasteiger partial charge is 0.400 e. The van der Waals surface area contributed by atoms with E-state index < -0.39 is 72.6 Å². The number of allylic oxidation sites excluding steroid dienone is 1. The highest BCUT2D eigenvalue weighted by Crippen LogP contribution is 2.42. The molecule has 46 heavy (non-hydrogen) atoms. The van der Waals surface area contributed by atoms with E-state index in [2.05, 4.69) is 15.8 Å². The van der Waals surface area contributed by atoms with Crippen LogP contribution in [0, 0.1) is 5.92 Å². The van der Waals surface area contributed by atoms with E-state index in [1.807, 2.05) is 5.32 Å². The van der Waals surface area contributed by atoms with Gasteiger partial charge in [-0.05, 0) is 37.4 Å². The Morgan fingerprint density at radius 2 is 1.89 bits per heavy atom. The summed E-state index contributed by atoms with van der Waals surface area (Å²) >= 11 is 0. The van der Waals surface area contributed by atoms with Crippen LogP contribution in [0.15, 0.2) is 30.2 Å². The van der Waals surface area contributed by atoms with Crippen molar-refractivity contribution in [3.05, 3.63) is 41.5 Å². The number of likely N-dealkylation sites (N-methyl/N-ethyl adjacent to an activating group) is 1. The van der Waals surface area contributed by atoms with Crippen molar-refractivity contribution < 1.29 is 54.8 Å². The number of nitrogens with zero attached hydrogens (tertiary/aromatic N) is 5. The lowest BCUT2D eigenvalue weighted by atomic mass is 9.82. The zero-order chi connectivity index (χ0) is 34.7. The van der Waals surface area contributed by atoms with Gasteiger partial charge in [-0.15, -0.1) is 0 Å². The predicted molar refractivity (Wildman–Crippen MR) is 146 cm³/mol. The number of hydrogen-bond acceptors (Lipinski definition) is 10. The van der Waals surface area contributed by atoms with Gasteiger partial charge in [0.1, 0.15) is 6.10 Å². The number of carbonyl (C=O) groups is 3. The molecule has 0 aliphatic heterocycles. The molecule has 1 aliphatic carbocycles. The summed E-state index contributed by atoms with van der Waals surface area (Å²) in [7, 11) is 2.95. The molecule has 20 heteroatoms. The molecule has 258 valence electrons. The molecular weight excluding hydrogens is 637 g/mol. The van der Waals surface area contributed by atoms with Gasteiger partial charge in [0, 0.05) is 43.6 Å². The van der Waals surface area contributed by atoms with Crippen LogP contribution in [-0.2, 0) is 23.9 Å². The lowest BCUT2D eigenvalue weighted by molar-refractivity contribution is -0.199. The van der Waals surface area contributed by atoms with Gasteiger partial charge in [0.05, 0.1) is 37.3 Å². The monoisotopic (exact) mass is 672 g/mol. The van der Waals surface area contributed by atoms with Crippen molar-refractivity contribution in [3.8, 4) is 0 Å². The Balaban J connectivity index is 0.00000236. The molecule has 1 fully saturated rings.